The van der Waals surface area contributed by atoms with Gasteiger partial charge in [-0.15, -0.1) is 0 Å². The van der Waals surface area contributed by atoms with Gasteiger partial charge in [-0.1, -0.05) is 26.0 Å². The summed E-state index contributed by atoms with van der Waals surface area (Å²) in [5, 5.41) is 6.40. The second-order valence-electron chi connectivity index (χ2n) is 9.42. The molecule has 1 saturated heterocycles. The maximum absolute atomic E-state index is 13.2. The molecule has 1 fully saturated rings. The van der Waals surface area contributed by atoms with Crippen LogP contribution < -0.4 is 24.8 Å². The molecular weight excluding hydrogens is 631 g/mol. The number of ether oxygens (including phenoxy) is 2. The summed E-state index contributed by atoms with van der Waals surface area (Å²) in [6.45, 7) is 5.84. The average Bonchev–Trinajstić information content (AvgIpc) is 3.34. The molecule has 0 radical (unpaired) electrons. The highest BCUT2D eigenvalue weighted by Gasteiger charge is 2.23. The first kappa shape index (κ1) is 29.3. The monoisotopic (exact) mass is 666 g/mol. The Morgan fingerprint density at radius 3 is 2.59 bits per heavy atom. The second-order valence-corrected chi connectivity index (χ2v) is 12.3. The Morgan fingerprint density at radius 2 is 1.90 bits per heavy atom. The van der Waals surface area contributed by atoms with Crippen molar-refractivity contribution in [1.29, 1.82) is 0 Å². The summed E-state index contributed by atoms with van der Waals surface area (Å²) in [5.41, 5.74) is 1.10. The fourth-order valence-electron chi connectivity index (χ4n) is 4.34. The Bertz CT molecular complexity index is 1390. The van der Waals surface area contributed by atoms with Crippen LogP contribution in [0.3, 0.4) is 0 Å². The maximum Gasteiger partial charge on any atom is 0.242 e. The molecule has 3 N–H and O–H groups in total. The predicted molar refractivity (Wildman–Crippen MR) is 162 cm³/mol. The Kier molecular flexibility index (Phi) is 9.86. The number of benzene rings is 2. The molecule has 0 spiro atoms. The van der Waals surface area contributed by atoms with Gasteiger partial charge in [0.15, 0.2) is 0 Å². The highest BCUT2D eigenvalue weighted by molar-refractivity contribution is 14.1. The predicted octanol–water partition coefficient (Wildman–Crippen LogP) is 5.13. The van der Waals surface area contributed by atoms with Gasteiger partial charge in [0, 0.05) is 31.4 Å². The first-order valence-corrected chi connectivity index (χ1v) is 15.5. The molecule has 0 bridgehead atoms. The number of halogens is 1. The molecule has 210 valence electrons. The van der Waals surface area contributed by atoms with Crippen molar-refractivity contribution in [1.82, 2.24) is 19.6 Å². The molecule has 12 heteroatoms. The van der Waals surface area contributed by atoms with E-state index < -0.39 is 10.0 Å². The van der Waals surface area contributed by atoms with Gasteiger partial charge in [0.25, 0.3) is 0 Å². The molecule has 1 aliphatic heterocycles. The lowest BCUT2D eigenvalue weighted by molar-refractivity contribution is 0.207. The molecular formula is C27H35IN6O4S. The first-order valence-electron chi connectivity index (χ1n) is 12.9. The van der Waals surface area contributed by atoms with Crippen molar-refractivity contribution in [2.24, 2.45) is 0 Å². The van der Waals surface area contributed by atoms with Crippen LogP contribution in [0.4, 0.5) is 23.1 Å². The molecule has 1 atom stereocenters. The molecule has 0 aliphatic carbocycles. The largest absolute Gasteiger partial charge is 0.494 e. The quantitative estimate of drug-likeness (QED) is 0.226. The number of rotatable bonds is 12. The third kappa shape index (κ3) is 7.50. The van der Waals surface area contributed by atoms with Crippen LogP contribution in [-0.4, -0.2) is 62.7 Å². The summed E-state index contributed by atoms with van der Waals surface area (Å²) in [7, 11) is -0.0494. The minimum Gasteiger partial charge on any atom is -0.494 e. The normalized spacial score (nSPS) is 15.9. The van der Waals surface area contributed by atoms with Gasteiger partial charge in [0.05, 0.1) is 22.1 Å². The maximum atomic E-state index is 13.2. The Labute approximate surface area is 244 Å². The fourth-order valence-corrected chi connectivity index (χ4v) is 6.30. The molecule has 3 aromatic rings. The van der Waals surface area contributed by atoms with E-state index in [2.05, 4.69) is 59.9 Å². The van der Waals surface area contributed by atoms with Crippen molar-refractivity contribution in [3.8, 4) is 11.5 Å². The number of para-hydroxylation sites is 1. The first-order chi connectivity index (χ1) is 18.7. The number of methoxy groups -OCH3 is 1. The summed E-state index contributed by atoms with van der Waals surface area (Å²) in [4.78, 5) is 11.4. The van der Waals surface area contributed by atoms with Crippen LogP contribution >= 0.6 is 22.6 Å². The van der Waals surface area contributed by atoms with E-state index in [1.807, 2.05) is 32.0 Å². The van der Waals surface area contributed by atoms with Crippen LogP contribution in [0, 0.1) is 3.57 Å². The van der Waals surface area contributed by atoms with Crippen LogP contribution in [0.2, 0.25) is 0 Å². The zero-order valence-corrected chi connectivity index (χ0v) is 25.5. The van der Waals surface area contributed by atoms with Gasteiger partial charge in [0.2, 0.25) is 16.0 Å². The number of nitrogens with one attached hydrogen (secondary N) is 3. The lowest BCUT2D eigenvalue weighted by Crippen LogP contribution is -2.34. The molecule has 0 saturated carbocycles. The van der Waals surface area contributed by atoms with E-state index >= 15 is 0 Å². The molecule has 0 amide bonds. The van der Waals surface area contributed by atoms with E-state index in [0.717, 1.165) is 28.8 Å². The molecule has 4 rings (SSSR count). The SMILES string of the molecule is CCC(CC)NS(=O)(=O)c1ccccc1Nc1nc(Nc2ccc(O[C@@H]3CCN(C)C3)cc2OC)ncc1I. The van der Waals surface area contributed by atoms with Crippen LogP contribution in [-0.2, 0) is 10.0 Å². The smallest absolute Gasteiger partial charge is 0.242 e. The van der Waals surface area contributed by atoms with Gasteiger partial charge in [-0.3, -0.25) is 0 Å². The lowest BCUT2D eigenvalue weighted by Gasteiger charge is -2.18. The van der Waals surface area contributed by atoms with Gasteiger partial charge >= 0.3 is 0 Å². The van der Waals surface area contributed by atoms with Gasteiger partial charge in [-0.2, -0.15) is 4.98 Å². The molecule has 1 aromatic heterocycles. The van der Waals surface area contributed by atoms with Crippen molar-refractivity contribution in [3.63, 3.8) is 0 Å². The van der Waals surface area contributed by atoms with E-state index in [1.54, 1.807) is 37.6 Å². The molecule has 1 aliphatic rings. The summed E-state index contributed by atoms with van der Waals surface area (Å²) in [5.74, 6) is 2.14. The fraction of sp³-hybridized carbons (Fsp3) is 0.407. The van der Waals surface area contributed by atoms with Crippen LogP contribution in [0.1, 0.15) is 33.1 Å². The number of anilines is 4. The van der Waals surface area contributed by atoms with Gasteiger partial charge in [0.1, 0.15) is 28.3 Å². The van der Waals surface area contributed by atoms with Crippen LogP contribution in [0.15, 0.2) is 53.6 Å². The number of likely N-dealkylation sites (tertiary alicyclic amines) is 1. The van der Waals surface area contributed by atoms with E-state index in [1.165, 1.54) is 0 Å². The third-order valence-electron chi connectivity index (χ3n) is 6.55. The van der Waals surface area contributed by atoms with Gasteiger partial charge in [-0.25, -0.2) is 18.1 Å². The third-order valence-corrected chi connectivity index (χ3v) is 8.92. The van der Waals surface area contributed by atoms with Crippen molar-refractivity contribution < 1.29 is 17.9 Å². The topological polar surface area (TPSA) is 118 Å². The molecule has 39 heavy (non-hydrogen) atoms. The summed E-state index contributed by atoms with van der Waals surface area (Å²) in [6, 6.07) is 12.3. The number of likely N-dealkylation sites (N-methyl/N-ethyl adjacent to an activating group) is 1. The summed E-state index contributed by atoms with van der Waals surface area (Å²) >= 11 is 2.12. The van der Waals surface area contributed by atoms with Gasteiger partial charge < -0.3 is 25.0 Å². The van der Waals surface area contributed by atoms with Gasteiger partial charge in [-0.05, 0) is 73.2 Å². The summed E-state index contributed by atoms with van der Waals surface area (Å²) in [6.07, 6.45) is 4.22. The van der Waals surface area contributed by atoms with Crippen LogP contribution in [0.5, 0.6) is 11.5 Å². The minimum absolute atomic E-state index is 0.135. The highest BCUT2D eigenvalue weighted by atomic mass is 127. The van der Waals surface area contributed by atoms with Crippen LogP contribution in [0.25, 0.3) is 0 Å². The molecule has 2 heterocycles. The zero-order chi connectivity index (χ0) is 28.0. The number of hydrogen-bond acceptors (Lipinski definition) is 9. The second kappa shape index (κ2) is 13.1. The zero-order valence-electron chi connectivity index (χ0n) is 22.6. The van der Waals surface area contributed by atoms with Crippen molar-refractivity contribution in [2.45, 2.75) is 50.2 Å². The number of aromatic nitrogens is 2. The number of nitrogens with zero attached hydrogens (tertiary/aromatic N) is 3. The van der Waals surface area contributed by atoms with Crippen molar-refractivity contribution in [2.75, 3.05) is 37.9 Å². The number of hydrogen-bond donors (Lipinski definition) is 3. The van der Waals surface area contributed by atoms with Crippen molar-refractivity contribution in [3.05, 3.63) is 52.2 Å². The Hall–Kier alpha value is -2.68. The van der Waals surface area contributed by atoms with E-state index in [-0.39, 0.29) is 17.0 Å². The van der Waals surface area contributed by atoms with E-state index in [4.69, 9.17) is 9.47 Å². The molecule has 10 nitrogen and oxygen atoms in total. The lowest BCUT2D eigenvalue weighted by atomic mass is 10.2. The minimum atomic E-state index is -3.74. The Balaban J connectivity index is 1.54. The van der Waals surface area contributed by atoms with E-state index in [9.17, 15) is 8.42 Å². The molecule has 2 aromatic carbocycles. The number of sulfonamides is 1. The highest BCUT2D eigenvalue weighted by Crippen LogP contribution is 2.33. The van der Waals surface area contributed by atoms with Crippen molar-refractivity contribution >= 4 is 55.8 Å². The summed E-state index contributed by atoms with van der Waals surface area (Å²) < 4.78 is 41.6. The Morgan fingerprint density at radius 1 is 1.13 bits per heavy atom. The van der Waals surface area contributed by atoms with E-state index in [0.29, 0.717) is 41.7 Å². The average molecular weight is 667 g/mol. The standard InChI is InChI=1S/C27H35IN6O4S/c1-5-18(6-2)33-39(35,36)25-10-8-7-9-23(25)30-26-21(28)16-29-27(32-26)31-22-12-11-19(15-24(22)37-4)38-20-13-14-34(3)17-20/h7-12,15-16,18,20,33H,5-6,13-14,17H2,1-4H3,(H2,29,30,31,32)/t20-/m1/s1. The molecule has 0 unspecified atom stereocenters.